The second-order valence-corrected chi connectivity index (χ2v) is 7.93. The summed E-state index contributed by atoms with van der Waals surface area (Å²) in [6, 6.07) is 7.90. The first-order valence-corrected chi connectivity index (χ1v) is 9.31. The Morgan fingerprint density at radius 1 is 1.36 bits per heavy atom. The third-order valence-electron chi connectivity index (χ3n) is 3.86. The Labute approximate surface area is 146 Å². The molecule has 9 heteroatoms. The van der Waals surface area contributed by atoms with Gasteiger partial charge < -0.3 is 9.15 Å². The number of nitriles is 1. The van der Waals surface area contributed by atoms with Gasteiger partial charge in [0, 0.05) is 19.0 Å². The average molecular weight is 362 g/mol. The minimum absolute atomic E-state index is 0.0818. The van der Waals surface area contributed by atoms with Gasteiger partial charge in [-0.05, 0) is 18.2 Å². The highest BCUT2D eigenvalue weighted by Crippen LogP contribution is 2.27. The van der Waals surface area contributed by atoms with Gasteiger partial charge in [0.2, 0.25) is 21.8 Å². The topological polar surface area (TPSA) is 109 Å². The van der Waals surface area contributed by atoms with Gasteiger partial charge in [-0.15, -0.1) is 10.2 Å². The maximum absolute atomic E-state index is 12.8. The van der Waals surface area contributed by atoms with Crippen LogP contribution in [0.15, 0.2) is 33.6 Å². The molecule has 1 aliphatic heterocycles. The van der Waals surface area contributed by atoms with Gasteiger partial charge in [-0.2, -0.15) is 9.57 Å². The third-order valence-corrected chi connectivity index (χ3v) is 5.72. The van der Waals surface area contributed by atoms with Crippen LogP contribution in [0.3, 0.4) is 0 Å². The fourth-order valence-corrected chi connectivity index (χ4v) is 3.95. The summed E-state index contributed by atoms with van der Waals surface area (Å²) >= 11 is 0. The van der Waals surface area contributed by atoms with Crippen molar-refractivity contribution in [3.63, 3.8) is 0 Å². The molecule has 132 valence electrons. The number of rotatable bonds is 4. The van der Waals surface area contributed by atoms with E-state index in [0.717, 1.165) is 0 Å². The first-order valence-electron chi connectivity index (χ1n) is 7.87. The van der Waals surface area contributed by atoms with Crippen molar-refractivity contribution in [2.75, 3.05) is 19.7 Å². The van der Waals surface area contributed by atoms with Gasteiger partial charge in [0.15, 0.2) is 0 Å². The zero-order chi connectivity index (χ0) is 18.0. The summed E-state index contributed by atoms with van der Waals surface area (Å²) in [5.41, 5.74) is 0.296. The quantitative estimate of drug-likeness (QED) is 0.816. The van der Waals surface area contributed by atoms with Crippen molar-refractivity contribution in [2.24, 2.45) is 0 Å². The number of hydrogen-bond donors (Lipinski definition) is 0. The summed E-state index contributed by atoms with van der Waals surface area (Å²) in [6.07, 6.45) is -0.609. The molecule has 0 amide bonds. The SMILES string of the molecule is CC(C)c1nnc(C2CN(S(=O)(=O)c3cccc(C#N)c3)CCO2)o1. The van der Waals surface area contributed by atoms with Crippen LogP contribution in [0, 0.1) is 11.3 Å². The monoisotopic (exact) mass is 362 g/mol. The van der Waals surface area contributed by atoms with Crippen molar-refractivity contribution in [2.45, 2.75) is 30.8 Å². The van der Waals surface area contributed by atoms with Crippen LogP contribution in [-0.2, 0) is 14.8 Å². The van der Waals surface area contributed by atoms with E-state index in [9.17, 15) is 8.42 Å². The van der Waals surface area contributed by atoms with E-state index in [1.54, 1.807) is 12.1 Å². The highest BCUT2D eigenvalue weighted by molar-refractivity contribution is 7.89. The minimum atomic E-state index is -3.73. The lowest BCUT2D eigenvalue weighted by atomic mass is 10.2. The Kier molecular flexibility index (Phi) is 4.85. The molecular formula is C16H18N4O4S. The standard InChI is InChI=1S/C16H18N4O4S/c1-11(2)15-18-19-16(24-15)14-10-20(6-7-23-14)25(21,22)13-5-3-4-12(8-13)9-17/h3-5,8,11,14H,6-7,10H2,1-2H3. The van der Waals surface area contributed by atoms with Gasteiger partial charge in [0.1, 0.15) is 6.10 Å². The van der Waals surface area contributed by atoms with Crippen LogP contribution in [0.5, 0.6) is 0 Å². The van der Waals surface area contributed by atoms with Crippen LogP contribution in [0.1, 0.15) is 43.2 Å². The van der Waals surface area contributed by atoms with Gasteiger partial charge in [-0.1, -0.05) is 19.9 Å². The second kappa shape index (κ2) is 6.92. The summed E-state index contributed by atoms with van der Waals surface area (Å²) in [5.74, 6) is 0.841. The molecule has 1 atom stereocenters. The molecule has 3 rings (SSSR count). The Morgan fingerprint density at radius 2 is 2.16 bits per heavy atom. The van der Waals surface area contributed by atoms with Gasteiger partial charge >= 0.3 is 0 Å². The zero-order valence-corrected chi connectivity index (χ0v) is 14.7. The summed E-state index contributed by atoms with van der Waals surface area (Å²) in [4.78, 5) is 0.0839. The van der Waals surface area contributed by atoms with Crippen LogP contribution < -0.4 is 0 Å². The summed E-state index contributed by atoms with van der Waals surface area (Å²) in [7, 11) is -3.73. The van der Waals surface area contributed by atoms with Crippen molar-refractivity contribution < 1.29 is 17.6 Å². The van der Waals surface area contributed by atoms with Crippen molar-refractivity contribution in [1.29, 1.82) is 5.26 Å². The first kappa shape index (κ1) is 17.5. The molecule has 0 N–H and O–H groups in total. The van der Waals surface area contributed by atoms with E-state index in [2.05, 4.69) is 10.2 Å². The molecule has 0 radical (unpaired) electrons. The lowest BCUT2D eigenvalue weighted by Gasteiger charge is -2.30. The van der Waals surface area contributed by atoms with Crippen LogP contribution in [0.2, 0.25) is 0 Å². The molecule has 1 aromatic heterocycles. The molecule has 1 aliphatic rings. The number of ether oxygens (including phenoxy) is 1. The third kappa shape index (κ3) is 3.56. The van der Waals surface area contributed by atoms with Crippen LogP contribution in [0.4, 0.5) is 0 Å². The van der Waals surface area contributed by atoms with Crippen LogP contribution in [-0.4, -0.2) is 42.6 Å². The van der Waals surface area contributed by atoms with Crippen molar-refractivity contribution >= 4 is 10.0 Å². The molecule has 0 saturated carbocycles. The Bertz CT molecular complexity index is 901. The maximum Gasteiger partial charge on any atom is 0.246 e. The second-order valence-electron chi connectivity index (χ2n) is 6.00. The molecule has 2 heterocycles. The van der Waals surface area contributed by atoms with Crippen LogP contribution in [0.25, 0.3) is 0 Å². The number of aromatic nitrogens is 2. The highest BCUT2D eigenvalue weighted by atomic mass is 32.2. The summed E-state index contributed by atoms with van der Waals surface area (Å²) < 4.78 is 38.2. The van der Waals surface area contributed by atoms with E-state index in [-0.39, 0.29) is 36.4 Å². The van der Waals surface area contributed by atoms with Crippen LogP contribution >= 0.6 is 0 Å². The van der Waals surface area contributed by atoms with E-state index < -0.39 is 16.1 Å². The molecule has 25 heavy (non-hydrogen) atoms. The zero-order valence-electron chi connectivity index (χ0n) is 13.9. The minimum Gasteiger partial charge on any atom is -0.422 e. The Hall–Kier alpha value is -2.28. The summed E-state index contributed by atoms with van der Waals surface area (Å²) in [5, 5.41) is 16.9. The Morgan fingerprint density at radius 3 is 2.84 bits per heavy atom. The molecule has 0 aliphatic carbocycles. The number of morpholine rings is 1. The molecule has 1 unspecified atom stereocenters. The van der Waals surface area contributed by atoms with Crippen molar-refractivity contribution in [3.8, 4) is 6.07 Å². The fraction of sp³-hybridized carbons (Fsp3) is 0.438. The normalized spacial score (nSPS) is 19.0. The van der Waals surface area contributed by atoms with E-state index in [1.165, 1.54) is 16.4 Å². The molecular weight excluding hydrogens is 344 g/mol. The predicted octanol–water partition coefficient (Wildman–Crippen LogP) is 1.83. The molecule has 0 bridgehead atoms. The van der Waals surface area contributed by atoms with Gasteiger partial charge in [-0.3, -0.25) is 0 Å². The smallest absolute Gasteiger partial charge is 0.246 e. The fourth-order valence-electron chi connectivity index (χ4n) is 2.48. The van der Waals surface area contributed by atoms with E-state index in [0.29, 0.717) is 11.5 Å². The maximum atomic E-state index is 12.8. The molecule has 1 fully saturated rings. The number of sulfonamides is 1. The largest absolute Gasteiger partial charge is 0.422 e. The van der Waals surface area contributed by atoms with Crippen molar-refractivity contribution in [3.05, 3.63) is 41.6 Å². The van der Waals surface area contributed by atoms with Crippen molar-refractivity contribution in [1.82, 2.24) is 14.5 Å². The van der Waals surface area contributed by atoms with Gasteiger partial charge in [0.25, 0.3) is 0 Å². The lowest BCUT2D eigenvalue weighted by molar-refractivity contribution is -0.0179. The first-order chi connectivity index (χ1) is 11.9. The average Bonchev–Trinajstić information content (AvgIpc) is 3.12. The lowest BCUT2D eigenvalue weighted by Crippen LogP contribution is -2.42. The van der Waals surface area contributed by atoms with Gasteiger partial charge in [0.05, 0.1) is 23.1 Å². The number of nitrogens with zero attached hydrogens (tertiary/aromatic N) is 4. The molecule has 8 nitrogen and oxygen atoms in total. The molecule has 0 spiro atoms. The molecule has 2 aromatic rings. The summed E-state index contributed by atoms with van der Waals surface area (Å²) in [6.45, 7) is 4.39. The Balaban J connectivity index is 1.83. The highest BCUT2D eigenvalue weighted by Gasteiger charge is 2.34. The number of benzene rings is 1. The predicted molar refractivity (Wildman–Crippen MR) is 87.0 cm³/mol. The van der Waals surface area contributed by atoms with E-state index in [4.69, 9.17) is 14.4 Å². The van der Waals surface area contributed by atoms with E-state index >= 15 is 0 Å². The molecule has 1 saturated heterocycles. The van der Waals surface area contributed by atoms with E-state index in [1.807, 2.05) is 19.9 Å². The van der Waals surface area contributed by atoms with Gasteiger partial charge in [-0.25, -0.2) is 8.42 Å². The number of hydrogen-bond acceptors (Lipinski definition) is 7. The molecule has 1 aromatic carbocycles.